The van der Waals surface area contributed by atoms with Crippen molar-refractivity contribution >= 4 is 11.6 Å². The van der Waals surface area contributed by atoms with Crippen molar-refractivity contribution < 1.29 is 9.47 Å². The van der Waals surface area contributed by atoms with Gasteiger partial charge in [0, 0.05) is 17.8 Å². The van der Waals surface area contributed by atoms with Gasteiger partial charge in [-0.3, -0.25) is 0 Å². The summed E-state index contributed by atoms with van der Waals surface area (Å²) in [5.41, 5.74) is 0.886. The van der Waals surface area contributed by atoms with E-state index in [1.165, 1.54) is 0 Å². The third kappa shape index (κ3) is 2.77. The highest BCUT2D eigenvalue weighted by atomic mass is 35.5. The monoisotopic (exact) mass is 215 g/mol. The number of hydrogen-bond acceptors (Lipinski definition) is 3. The Morgan fingerprint density at radius 3 is 2.57 bits per heavy atom. The number of ether oxygens (including phenoxy) is 2. The quantitative estimate of drug-likeness (QED) is 0.708. The van der Waals surface area contributed by atoms with Crippen LogP contribution in [0.25, 0.3) is 0 Å². The Hall–Kier alpha value is -0.960. The summed E-state index contributed by atoms with van der Waals surface area (Å²) < 4.78 is 10.7. The molecule has 1 aromatic heterocycles. The summed E-state index contributed by atoms with van der Waals surface area (Å²) >= 11 is 5.74. The van der Waals surface area contributed by atoms with Crippen LogP contribution in [-0.2, 0) is 5.88 Å². The summed E-state index contributed by atoms with van der Waals surface area (Å²) in [6, 6.07) is 1.77. The maximum absolute atomic E-state index is 5.74. The lowest BCUT2D eigenvalue weighted by Gasteiger charge is -2.09. The lowest BCUT2D eigenvalue weighted by atomic mass is 10.3. The van der Waals surface area contributed by atoms with E-state index in [2.05, 4.69) is 4.98 Å². The van der Waals surface area contributed by atoms with Crippen LogP contribution in [-0.4, -0.2) is 18.2 Å². The van der Waals surface area contributed by atoms with Crippen LogP contribution in [0.3, 0.4) is 0 Å². The van der Waals surface area contributed by atoms with E-state index in [0.717, 1.165) is 11.3 Å². The van der Waals surface area contributed by atoms with Crippen LogP contribution in [0.15, 0.2) is 12.3 Å². The minimum Gasteiger partial charge on any atom is -0.493 e. The van der Waals surface area contributed by atoms with Gasteiger partial charge in [-0.2, -0.15) is 0 Å². The lowest BCUT2D eigenvalue weighted by Crippen LogP contribution is -1.99. The summed E-state index contributed by atoms with van der Waals surface area (Å²) in [5, 5.41) is 0. The van der Waals surface area contributed by atoms with Crippen molar-refractivity contribution in [3.05, 3.63) is 17.8 Å². The van der Waals surface area contributed by atoms with Gasteiger partial charge in [-0.15, -0.1) is 11.6 Å². The van der Waals surface area contributed by atoms with Crippen molar-refractivity contribution in [3.8, 4) is 11.6 Å². The van der Waals surface area contributed by atoms with Crippen LogP contribution in [0.1, 0.15) is 19.4 Å². The highest BCUT2D eigenvalue weighted by molar-refractivity contribution is 6.17. The molecular formula is C10H14ClNO2. The van der Waals surface area contributed by atoms with E-state index in [-0.39, 0.29) is 0 Å². The molecule has 0 fully saturated rings. The minimum absolute atomic E-state index is 0.398. The van der Waals surface area contributed by atoms with Gasteiger partial charge in [0.05, 0.1) is 19.1 Å². The number of halogens is 1. The fraction of sp³-hybridized carbons (Fsp3) is 0.500. The zero-order chi connectivity index (χ0) is 10.4. The van der Waals surface area contributed by atoms with Crippen molar-refractivity contribution in [2.24, 2.45) is 0 Å². The van der Waals surface area contributed by atoms with Gasteiger partial charge in [-0.1, -0.05) is 0 Å². The molecule has 1 aromatic rings. The minimum atomic E-state index is 0.398. The Kier molecular flexibility index (Phi) is 4.53. The molecule has 0 N–H and O–H groups in total. The van der Waals surface area contributed by atoms with Crippen LogP contribution in [0.4, 0.5) is 0 Å². The average molecular weight is 216 g/mol. The van der Waals surface area contributed by atoms with E-state index in [0.29, 0.717) is 25.0 Å². The van der Waals surface area contributed by atoms with Gasteiger partial charge < -0.3 is 9.47 Å². The first-order valence-corrected chi connectivity index (χ1v) is 5.15. The third-order valence-electron chi connectivity index (χ3n) is 1.65. The van der Waals surface area contributed by atoms with Crippen molar-refractivity contribution in [2.75, 3.05) is 13.2 Å². The van der Waals surface area contributed by atoms with Crippen molar-refractivity contribution in [3.63, 3.8) is 0 Å². The van der Waals surface area contributed by atoms with Gasteiger partial charge in [0.25, 0.3) is 0 Å². The number of rotatable bonds is 5. The Morgan fingerprint density at radius 1 is 1.29 bits per heavy atom. The second-order valence-corrected chi connectivity index (χ2v) is 2.90. The largest absolute Gasteiger partial charge is 0.493 e. The molecule has 0 spiro atoms. The SMILES string of the molecule is CCOc1cc(OCC)c(CCl)cn1. The molecule has 0 aliphatic carbocycles. The standard InChI is InChI=1S/C10H14ClNO2/c1-3-13-9-5-10(14-4-2)12-7-8(9)6-11/h5,7H,3-4,6H2,1-2H3. The number of pyridine rings is 1. The van der Waals surface area contributed by atoms with Gasteiger partial charge in [0.2, 0.25) is 5.88 Å². The lowest BCUT2D eigenvalue weighted by molar-refractivity contribution is 0.312. The molecule has 0 bridgehead atoms. The van der Waals surface area contributed by atoms with E-state index < -0.39 is 0 Å². The van der Waals surface area contributed by atoms with Gasteiger partial charge in [-0.25, -0.2) is 4.98 Å². The molecule has 0 aliphatic heterocycles. The second-order valence-electron chi connectivity index (χ2n) is 2.63. The van der Waals surface area contributed by atoms with Crippen LogP contribution in [0.5, 0.6) is 11.6 Å². The van der Waals surface area contributed by atoms with E-state index in [1.807, 2.05) is 13.8 Å². The highest BCUT2D eigenvalue weighted by Crippen LogP contribution is 2.23. The first-order chi connectivity index (χ1) is 6.81. The molecular weight excluding hydrogens is 202 g/mol. The maximum Gasteiger partial charge on any atom is 0.216 e. The molecule has 0 atom stereocenters. The fourth-order valence-corrected chi connectivity index (χ4v) is 1.27. The number of aromatic nitrogens is 1. The zero-order valence-electron chi connectivity index (χ0n) is 8.42. The predicted octanol–water partition coefficient (Wildman–Crippen LogP) is 2.62. The Bertz CT molecular complexity index is 291. The Morgan fingerprint density at radius 2 is 2.00 bits per heavy atom. The van der Waals surface area contributed by atoms with Crippen molar-refractivity contribution in [2.45, 2.75) is 19.7 Å². The molecule has 0 unspecified atom stereocenters. The van der Waals surface area contributed by atoms with Crippen LogP contribution < -0.4 is 9.47 Å². The molecule has 0 saturated heterocycles. The van der Waals surface area contributed by atoms with Gasteiger partial charge >= 0.3 is 0 Å². The first kappa shape index (κ1) is 11.1. The van der Waals surface area contributed by atoms with Crippen LogP contribution in [0.2, 0.25) is 0 Å². The zero-order valence-corrected chi connectivity index (χ0v) is 9.17. The van der Waals surface area contributed by atoms with E-state index in [9.17, 15) is 0 Å². The number of hydrogen-bond donors (Lipinski definition) is 0. The molecule has 0 radical (unpaired) electrons. The van der Waals surface area contributed by atoms with Gasteiger partial charge in [0.15, 0.2) is 0 Å². The molecule has 1 rings (SSSR count). The molecule has 0 saturated carbocycles. The molecule has 4 heteroatoms. The van der Waals surface area contributed by atoms with Crippen molar-refractivity contribution in [1.29, 1.82) is 0 Å². The third-order valence-corrected chi connectivity index (χ3v) is 1.94. The molecule has 14 heavy (non-hydrogen) atoms. The number of alkyl halides is 1. The molecule has 1 heterocycles. The molecule has 3 nitrogen and oxygen atoms in total. The number of nitrogens with zero attached hydrogens (tertiary/aromatic N) is 1. The molecule has 78 valence electrons. The molecule has 0 aromatic carbocycles. The Balaban J connectivity index is 2.88. The van der Waals surface area contributed by atoms with E-state index in [4.69, 9.17) is 21.1 Å². The molecule has 0 aliphatic rings. The van der Waals surface area contributed by atoms with E-state index in [1.54, 1.807) is 12.3 Å². The summed E-state index contributed by atoms with van der Waals surface area (Å²) in [6.07, 6.45) is 1.68. The second kappa shape index (κ2) is 5.70. The smallest absolute Gasteiger partial charge is 0.216 e. The Labute approximate surface area is 89.0 Å². The van der Waals surface area contributed by atoms with Crippen LogP contribution in [0, 0.1) is 0 Å². The van der Waals surface area contributed by atoms with Gasteiger partial charge in [-0.05, 0) is 13.8 Å². The summed E-state index contributed by atoms with van der Waals surface area (Å²) in [5.74, 6) is 1.72. The fourth-order valence-electron chi connectivity index (χ4n) is 1.06. The average Bonchev–Trinajstić information content (AvgIpc) is 2.19. The van der Waals surface area contributed by atoms with E-state index >= 15 is 0 Å². The highest BCUT2D eigenvalue weighted by Gasteiger charge is 2.05. The van der Waals surface area contributed by atoms with Crippen LogP contribution >= 0.6 is 11.6 Å². The first-order valence-electron chi connectivity index (χ1n) is 4.62. The predicted molar refractivity (Wildman–Crippen MR) is 56.1 cm³/mol. The summed E-state index contributed by atoms with van der Waals surface area (Å²) in [7, 11) is 0. The summed E-state index contributed by atoms with van der Waals surface area (Å²) in [6.45, 7) is 5.05. The topological polar surface area (TPSA) is 31.4 Å². The molecule has 0 amide bonds. The van der Waals surface area contributed by atoms with Gasteiger partial charge in [0.1, 0.15) is 5.75 Å². The normalized spacial score (nSPS) is 9.93. The maximum atomic E-state index is 5.74. The summed E-state index contributed by atoms with van der Waals surface area (Å²) in [4.78, 5) is 4.10. The van der Waals surface area contributed by atoms with Crippen molar-refractivity contribution in [1.82, 2.24) is 4.98 Å².